The summed E-state index contributed by atoms with van der Waals surface area (Å²) in [7, 11) is 1.31. The van der Waals surface area contributed by atoms with Gasteiger partial charge in [-0.25, -0.2) is 14.8 Å². The number of carbonyl (C=O) groups is 1. The van der Waals surface area contributed by atoms with Crippen molar-refractivity contribution in [2.45, 2.75) is 6.92 Å². The first-order chi connectivity index (χ1) is 9.76. The third kappa shape index (κ3) is 3.03. The van der Waals surface area contributed by atoms with E-state index in [-0.39, 0.29) is 5.69 Å². The van der Waals surface area contributed by atoms with Crippen LogP contribution >= 0.6 is 0 Å². The van der Waals surface area contributed by atoms with Gasteiger partial charge in [0, 0.05) is 12.4 Å². The molecular formula is C14H15N3O3. The normalized spacial score (nSPS) is 9.90. The fourth-order valence-corrected chi connectivity index (χ4v) is 1.65. The third-order valence-electron chi connectivity index (χ3n) is 2.51. The molecule has 0 atom stereocenters. The molecule has 0 fully saturated rings. The van der Waals surface area contributed by atoms with Crippen molar-refractivity contribution in [2.75, 3.05) is 19.0 Å². The first-order valence-corrected chi connectivity index (χ1v) is 6.14. The minimum absolute atomic E-state index is 0.197. The van der Waals surface area contributed by atoms with Crippen LogP contribution in [0.15, 0.2) is 36.7 Å². The predicted octanol–water partition coefficient (Wildman–Crippen LogP) is 2.41. The molecule has 20 heavy (non-hydrogen) atoms. The highest BCUT2D eigenvalue weighted by molar-refractivity contribution is 5.94. The Kier molecular flexibility index (Phi) is 4.49. The molecule has 0 amide bonds. The van der Waals surface area contributed by atoms with E-state index in [4.69, 9.17) is 9.47 Å². The summed E-state index contributed by atoms with van der Waals surface area (Å²) >= 11 is 0. The number of hydrogen-bond donors (Lipinski definition) is 1. The second-order valence-electron chi connectivity index (χ2n) is 3.80. The number of methoxy groups -OCH3 is 1. The molecule has 104 valence electrons. The van der Waals surface area contributed by atoms with Crippen LogP contribution in [0.4, 0.5) is 11.5 Å². The van der Waals surface area contributed by atoms with Crippen LogP contribution in [0, 0.1) is 0 Å². The van der Waals surface area contributed by atoms with E-state index in [9.17, 15) is 4.79 Å². The van der Waals surface area contributed by atoms with Gasteiger partial charge >= 0.3 is 5.97 Å². The van der Waals surface area contributed by atoms with Gasteiger partial charge in [0.2, 0.25) is 0 Å². The zero-order valence-electron chi connectivity index (χ0n) is 11.3. The Morgan fingerprint density at radius 3 is 2.75 bits per heavy atom. The van der Waals surface area contributed by atoms with E-state index in [1.54, 1.807) is 30.5 Å². The van der Waals surface area contributed by atoms with Crippen molar-refractivity contribution in [3.63, 3.8) is 0 Å². The molecule has 0 aliphatic carbocycles. The number of esters is 1. The minimum Gasteiger partial charge on any atom is -0.490 e. The number of rotatable bonds is 5. The maximum atomic E-state index is 11.7. The van der Waals surface area contributed by atoms with Gasteiger partial charge in [-0.1, -0.05) is 0 Å². The third-order valence-corrected chi connectivity index (χ3v) is 2.51. The van der Waals surface area contributed by atoms with Gasteiger partial charge in [-0.2, -0.15) is 0 Å². The number of aromatic nitrogens is 2. The zero-order valence-corrected chi connectivity index (χ0v) is 11.3. The van der Waals surface area contributed by atoms with Crippen LogP contribution in [0.2, 0.25) is 0 Å². The maximum Gasteiger partial charge on any atom is 0.358 e. The van der Waals surface area contributed by atoms with E-state index in [0.717, 1.165) is 0 Å². The quantitative estimate of drug-likeness (QED) is 0.843. The molecule has 0 aliphatic heterocycles. The van der Waals surface area contributed by atoms with Crippen LogP contribution < -0.4 is 10.1 Å². The summed E-state index contributed by atoms with van der Waals surface area (Å²) in [6, 6.07) is 7.02. The minimum atomic E-state index is -0.512. The van der Waals surface area contributed by atoms with Gasteiger partial charge in [-0.15, -0.1) is 0 Å². The number of anilines is 2. The monoisotopic (exact) mass is 273 g/mol. The average Bonchev–Trinajstić information content (AvgIpc) is 2.49. The molecule has 2 heterocycles. The van der Waals surface area contributed by atoms with Gasteiger partial charge in [-0.05, 0) is 31.2 Å². The molecule has 6 heteroatoms. The van der Waals surface area contributed by atoms with Crippen molar-refractivity contribution in [1.82, 2.24) is 9.97 Å². The Labute approximate surface area is 116 Å². The fourth-order valence-electron chi connectivity index (χ4n) is 1.65. The summed E-state index contributed by atoms with van der Waals surface area (Å²) in [5.74, 6) is 0.615. The van der Waals surface area contributed by atoms with E-state index in [2.05, 4.69) is 15.3 Å². The molecule has 1 N–H and O–H groups in total. The SMILES string of the molecule is CCOc1cccnc1Nc1cccnc1C(=O)OC. The summed E-state index contributed by atoms with van der Waals surface area (Å²) < 4.78 is 10.2. The van der Waals surface area contributed by atoms with Crippen molar-refractivity contribution in [1.29, 1.82) is 0 Å². The maximum absolute atomic E-state index is 11.7. The largest absolute Gasteiger partial charge is 0.490 e. The van der Waals surface area contributed by atoms with Crippen molar-refractivity contribution >= 4 is 17.5 Å². The highest BCUT2D eigenvalue weighted by Gasteiger charge is 2.14. The number of carbonyl (C=O) groups excluding carboxylic acids is 1. The molecule has 0 aliphatic rings. The second-order valence-corrected chi connectivity index (χ2v) is 3.80. The Morgan fingerprint density at radius 2 is 2.00 bits per heavy atom. The van der Waals surface area contributed by atoms with Crippen molar-refractivity contribution < 1.29 is 14.3 Å². The number of pyridine rings is 2. The molecule has 0 aromatic carbocycles. The standard InChI is InChI=1S/C14H15N3O3/c1-3-20-11-7-5-9-16-13(11)17-10-6-4-8-15-12(10)14(18)19-2/h4-9H,3H2,1-2H3,(H,16,17). The summed E-state index contributed by atoms with van der Waals surface area (Å²) in [6.45, 7) is 2.41. The van der Waals surface area contributed by atoms with Gasteiger partial charge in [0.1, 0.15) is 0 Å². The Morgan fingerprint density at radius 1 is 1.25 bits per heavy atom. The molecule has 0 radical (unpaired) electrons. The smallest absolute Gasteiger partial charge is 0.358 e. The first kappa shape index (κ1) is 13.8. The second kappa shape index (κ2) is 6.51. The van der Waals surface area contributed by atoms with E-state index in [1.807, 2.05) is 6.92 Å². The van der Waals surface area contributed by atoms with Crippen LogP contribution in [0.5, 0.6) is 5.75 Å². The molecule has 0 saturated heterocycles. The highest BCUT2D eigenvalue weighted by atomic mass is 16.5. The van der Waals surface area contributed by atoms with Crippen molar-refractivity contribution in [3.8, 4) is 5.75 Å². The van der Waals surface area contributed by atoms with Gasteiger partial charge in [-0.3, -0.25) is 0 Å². The van der Waals surface area contributed by atoms with E-state index in [0.29, 0.717) is 23.9 Å². The first-order valence-electron chi connectivity index (χ1n) is 6.14. The topological polar surface area (TPSA) is 73.3 Å². The van der Waals surface area contributed by atoms with Crippen LogP contribution in [0.25, 0.3) is 0 Å². The summed E-state index contributed by atoms with van der Waals surface area (Å²) in [6.07, 6.45) is 3.17. The summed E-state index contributed by atoms with van der Waals surface area (Å²) in [4.78, 5) is 19.9. The molecule has 0 unspecified atom stereocenters. The lowest BCUT2D eigenvalue weighted by molar-refractivity contribution is 0.0595. The molecule has 2 rings (SSSR count). The fraction of sp³-hybridized carbons (Fsp3) is 0.214. The predicted molar refractivity (Wildman–Crippen MR) is 74.3 cm³/mol. The van der Waals surface area contributed by atoms with Gasteiger partial charge in [0.05, 0.1) is 19.4 Å². The average molecular weight is 273 g/mol. The molecule has 0 saturated carbocycles. The number of nitrogens with zero attached hydrogens (tertiary/aromatic N) is 2. The lowest BCUT2D eigenvalue weighted by Crippen LogP contribution is -2.09. The van der Waals surface area contributed by atoms with Crippen LogP contribution in [-0.2, 0) is 4.74 Å². The van der Waals surface area contributed by atoms with Crippen LogP contribution in [0.3, 0.4) is 0 Å². The van der Waals surface area contributed by atoms with Gasteiger partial charge in [0.15, 0.2) is 17.3 Å². The molecule has 0 spiro atoms. The number of ether oxygens (including phenoxy) is 2. The molecule has 2 aromatic heterocycles. The lowest BCUT2D eigenvalue weighted by Gasteiger charge is -2.12. The Bertz CT molecular complexity index is 602. The highest BCUT2D eigenvalue weighted by Crippen LogP contribution is 2.26. The molecular weight excluding hydrogens is 258 g/mol. The summed E-state index contributed by atoms with van der Waals surface area (Å²) in [5, 5.41) is 3.04. The zero-order chi connectivity index (χ0) is 14.4. The van der Waals surface area contributed by atoms with Crippen LogP contribution in [-0.4, -0.2) is 29.7 Å². The van der Waals surface area contributed by atoms with Crippen molar-refractivity contribution in [3.05, 3.63) is 42.4 Å². The van der Waals surface area contributed by atoms with E-state index >= 15 is 0 Å². The van der Waals surface area contributed by atoms with Gasteiger partial charge < -0.3 is 14.8 Å². The van der Waals surface area contributed by atoms with E-state index < -0.39 is 5.97 Å². The number of hydrogen-bond acceptors (Lipinski definition) is 6. The van der Waals surface area contributed by atoms with Crippen molar-refractivity contribution in [2.24, 2.45) is 0 Å². The van der Waals surface area contributed by atoms with Crippen LogP contribution in [0.1, 0.15) is 17.4 Å². The number of nitrogens with one attached hydrogen (secondary N) is 1. The van der Waals surface area contributed by atoms with Gasteiger partial charge in [0.25, 0.3) is 0 Å². The lowest BCUT2D eigenvalue weighted by atomic mass is 10.3. The van der Waals surface area contributed by atoms with E-state index in [1.165, 1.54) is 13.3 Å². The summed E-state index contributed by atoms with van der Waals surface area (Å²) in [5.41, 5.74) is 0.710. The molecule has 6 nitrogen and oxygen atoms in total. The Hall–Kier alpha value is -2.63. The molecule has 2 aromatic rings. The molecule has 0 bridgehead atoms. The Balaban J connectivity index is 2.33.